The lowest BCUT2D eigenvalue weighted by Gasteiger charge is -2.36. The molecule has 0 N–H and O–H groups in total. The Balaban J connectivity index is 0.000000376. The van der Waals surface area contributed by atoms with Crippen LogP contribution in [0.1, 0.15) is 18.6 Å². The van der Waals surface area contributed by atoms with Crippen LogP contribution in [-0.2, 0) is 0 Å². The van der Waals surface area contributed by atoms with E-state index in [1.54, 1.807) is 0 Å². The third-order valence-electron chi connectivity index (χ3n) is 4.33. The van der Waals surface area contributed by atoms with Gasteiger partial charge in [-0.15, -0.1) is 10.2 Å². The number of hydrogen-bond acceptors (Lipinski definition) is 7. The zero-order chi connectivity index (χ0) is 19.6. The van der Waals surface area contributed by atoms with Crippen molar-refractivity contribution < 1.29 is 38.0 Å². The molecule has 0 amide bonds. The highest BCUT2D eigenvalue weighted by Gasteiger charge is 2.36. The summed E-state index contributed by atoms with van der Waals surface area (Å²) in [6, 6.07) is 16.6. The lowest BCUT2D eigenvalue weighted by atomic mass is 10.0. The molecule has 3 aromatic rings. The van der Waals surface area contributed by atoms with E-state index in [9.17, 15) is 0 Å². The van der Waals surface area contributed by atoms with Crippen LogP contribution in [0.15, 0.2) is 60.9 Å². The number of pyridine rings is 1. The van der Waals surface area contributed by atoms with Gasteiger partial charge in [0.25, 0.3) is 5.82 Å². The van der Waals surface area contributed by atoms with Crippen LogP contribution in [0.3, 0.4) is 0 Å². The van der Waals surface area contributed by atoms with Crippen LogP contribution in [0.4, 0.5) is 5.82 Å². The minimum absolute atomic E-state index is 0.00209. The SMILES string of the molecule is CC1C(c2ccccc2)Oc2c[n+]3ccccc3nc2N1C.[O-][Cl+3]([O-])([O-])[O-]. The van der Waals surface area contributed by atoms with E-state index in [0.29, 0.717) is 0 Å². The van der Waals surface area contributed by atoms with Gasteiger partial charge < -0.3 is 9.64 Å². The predicted molar refractivity (Wildman–Crippen MR) is 85.1 cm³/mol. The summed E-state index contributed by atoms with van der Waals surface area (Å²) in [7, 11) is -2.87. The molecule has 4 rings (SSSR count). The van der Waals surface area contributed by atoms with E-state index in [4.69, 9.17) is 28.4 Å². The first-order valence-electron chi connectivity index (χ1n) is 8.11. The molecule has 0 spiro atoms. The van der Waals surface area contributed by atoms with Crippen LogP contribution < -0.4 is 32.7 Å². The monoisotopic (exact) mass is 391 g/mol. The van der Waals surface area contributed by atoms with Crippen LogP contribution in [0.5, 0.6) is 5.75 Å². The van der Waals surface area contributed by atoms with Gasteiger partial charge in [-0.2, -0.15) is 4.40 Å². The number of halogens is 1. The van der Waals surface area contributed by atoms with Crippen molar-refractivity contribution in [3.8, 4) is 5.75 Å². The molecule has 8 nitrogen and oxygen atoms in total. The molecule has 0 bridgehead atoms. The summed E-state index contributed by atoms with van der Waals surface area (Å²) in [6.07, 6.45) is 4.00. The minimum Gasteiger partial charge on any atom is -0.474 e. The summed E-state index contributed by atoms with van der Waals surface area (Å²) in [4.78, 5) is 6.94. The smallest absolute Gasteiger partial charge is 0.330 e. The highest BCUT2D eigenvalue weighted by Crippen LogP contribution is 2.38. The zero-order valence-corrected chi connectivity index (χ0v) is 15.4. The summed E-state index contributed by atoms with van der Waals surface area (Å²) >= 11 is 0. The minimum atomic E-state index is -4.94. The number of benzene rings is 1. The van der Waals surface area contributed by atoms with E-state index in [2.05, 4.69) is 31.0 Å². The number of rotatable bonds is 1. The predicted octanol–water partition coefficient (Wildman–Crippen LogP) is -1.98. The molecule has 27 heavy (non-hydrogen) atoms. The zero-order valence-electron chi connectivity index (χ0n) is 14.7. The van der Waals surface area contributed by atoms with Gasteiger partial charge in [0.1, 0.15) is 12.3 Å². The summed E-state index contributed by atoms with van der Waals surface area (Å²) in [5.74, 6) is 1.71. The Kier molecular flexibility index (Phi) is 5.45. The molecule has 0 radical (unpaired) electrons. The Bertz CT molecular complexity index is 914. The maximum atomic E-state index is 8.49. The summed E-state index contributed by atoms with van der Waals surface area (Å²) in [6.45, 7) is 2.17. The molecule has 2 aromatic heterocycles. The Morgan fingerprint density at radius 1 is 1.04 bits per heavy atom. The van der Waals surface area contributed by atoms with Gasteiger partial charge >= 0.3 is 5.65 Å². The van der Waals surface area contributed by atoms with E-state index in [-0.39, 0.29) is 12.1 Å². The Hall–Kier alpha value is -2.49. The van der Waals surface area contributed by atoms with Gasteiger partial charge in [-0.1, -0.05) is 36.4 Å². The number of ether oxygens (including phenoxy) is 1. The maximum Gasteiger partial charge on any atom is 0.330 e. The highest BCUT2D eigenvalue weighted by molar-refractivity contribution is 5.56. The second-order valence-electron chi connectivity index (χ2n) is 6.07. The molecule has 0 saturated carbocycles. The molecule has 0 saturated heterocycles. The third kappa shape index (κ3) is 4.62. The van der Waals surface area contributed by atoms with Crippen LogP contribution in [-0.4, -0.2) is 18.1 Å². The van der Waals surface area contributed by atoms with E-state index >= 15 is 0 Å². The first kappa shape index (κ1) is 19.3. The lowest BCUT2D eigenvalue weighted by Crippen LogP contribution is -2.68. The maximum absolute atomic E-state index is 8.49. The average molecular weight is 392 g/mol. The first-order chi connectivity index (χ1) is 12.7. The Labute approximate surface area is 158 Å². The van der Waals surface area contributed by atoms with Crippen LogP contribution >= 0.6 is 0 Å². The van der Waals surface area contributed by atoms with Crippen molar-refractivity contribution in [3.05, 3.63) is 66.5 Å². The van der Waals surface area contributed by atoms with Crippen molar-refractivity contribution >= 4 is 11.5 Å². The van der Waals surface area contributed by atoms with Gasteiger partial charge in [0.2, 0.25) is 5.75 Å². The fourth-order valence-electron chi connectivity index (χ4n) is 2.95. The largest absolute Gasteiger partial charge is 0.474 e. The Morgan fingerprint density at radius 2 is 1.67 bits per heavy atom. The molecule has 142 valence electrons. The van der Waals surface area contributed by atoms with Gasteiger partial charge in [0.15, 0.2) is 0 Å². The van der Waals surface area contributed by atoms with Gasteiger partial charge in [-0.25, -0.2) is 18.6 Å². The summed E-state index contributed by atoms with van der Waals surface area (Å²) in [5, 5.41) is 0. The molecule has 1 aromatic carbocycles. The number of aromatic nitrogens is 2. The van der Waals surface area contributed by atoms with Crippen molar-refractivity contribution in [1.82, 2.24) is 4.98 Å². The number of fused-ring (bicyclic) bond motifs is 2. The molecule has 1 aliphatic heterocycles. The second-order valence-corrected chi connectivity index (χ2v) is 6.83. The van der Waals surface area contributed by atoms with Gasteiger partial charge in [0, 0.05) is 13.1 Å². The molecular formula is C18H18ClN3O5. The van der Waals surface area contributed by atoms with Crippen molar-refractivity contribution in [2.45, 2.75) is 19.1 Å². The topological polar surface area (TPSA) is 122 Å². The average Bonchev–Trinajstić information content (AvgIpc) is 2.63. The molecule has 0 fully saturated rings. The van der Waals surface area contributed by atoms with Crippen molar-refractivity contribution in [2.24, 2.45) is 0 Å². The van der Waals surface area contributed by atoms with Crippen molar-refractivity contribution in [3.63, 3.8) is 0 Å². The first-order valence-corrected chi connectivity index (χ1v) is 9.35. The second kappa shape index (κ2) is 7.63. The number of anilines is 1. The fraction of sp³-hybridized carbons (Fsp3) is 0.222. The van der Waals surface area contributed by atoms with Crippen LogP contribution in [0.2, 0.25) is 0 Å². The molecule has 1 aliphatic rings. The van der Waals surface area contributed by atoms with Crippen molar-refractivity contribution in [2.75, 3.05) is 11.9 Å². The number of hydrogen-bond donors (Lipinski definition) is 0. The fourth-order valence-corrected chi connectivity index (χ4v) is 2.95. The van der Waals surface area contributed by atoms with Crippen LogP contribution in [0, 0.1) is 10.2 Å². The van der Waals surface area contributed by atoms with E-state index < -0.39 is 10.2 Å². The Morgan fingerprint density at radius 3 is 2.33 bits per heavy atom. The number of nitrogens with zero attached hydrogens (tertiary/aromatic N) is 3. The highest BCUT2D eigenvalue weighted by atomic mass is 35.7. The van der Waals surface area contributed by atoms with E-state index in [1.807, 2.05) is 53.2 Å². The molecule has 9 heteroatoms. The lowest BCUT2D eigenvalue weighted by molar-refractivity contribution is -2.00. The van der Waals surface area contributed by atoms with Crippen LogP contribution in [0.25, 0.3) is 5.65 Å². The van der Waals surface area contributed by atoms with Crippen molar-refractivity contribution in [1.29, 1.82) is 0 Å². The van der Waals surface area contributed by atoms with Gasteiger partial charge in [-0.3, -0.25) is 0 Å². The molecular weight excluding hydrogens is 374 g/mol. The quantitative estimate of drug-likeness (QED) is 0.441. The third-order valence-corrected chi connectivity index (χ3v) is 4.33. The summed E-state index contributed by atoms with van der Waals surface area (Å²) in [5.41, 5.74) is 2.10. The van der Waals surface area contributed by atoms with Gasteiger partial charge in [-0.05, 0) is 23.5 Å². The molecule has 3 heterocycles. The standard InChI is InChI=1S/C18H18N3O.ClHO4/c1-13-17(14-8-4-3-5-9-14)22-15-12-21-11-7-6-10-16(21)19-18(15)20(13)2;2-1(3,4)5/h3-13,17H,1-2H3;(H,2,3,4,5)/q+1;/p-1. The molecule has 2 unspecified atom stereocenters. The van der Waals surface area contributed by atoms with Gasteiger partial charge in [0.05, 0.1) is 12.2 Å². The van der Waals surface area contributed by atoms with E-state index in [0.717, 1.165) is 17.2 Å². The normalized spacial score (nSPS) is 19.0. The van der Waals surface area contributed by atoms with E-state index in [1.165, 1.54) is 5.56 Å². The molecule has 0 aliphatic carbocycles. The molecule has 2 atom stereocenters. The summed E-state index contributed by atoms with van der Waals surface area (Å²) < 4.78 is 42.2. The number of likely N-dealkylation sites (N-methyl/N-ethyl adjacent to an activating group) is 1.